The second-order valence-corrected chi connectivity index (χ2v) is 19.3. The molecule has 0 saturated heterocycles. The Bertz CT molecular complexity index is 2130. The van der Waals surface area contributed by atoms with Crippen molar-refractivity contribution in [1.82, 2.24) is 10.3 Å². The minimum atomic E-state index is -0.941. The normalized spacial score (nSPS) is 22.2. The number of furan rings is 1. The Morgan fingerprint density at radius 3 is 2.51 bits per heavy atom. The largest absolute Gasteiger partial charge is 0.504 e. The van der Waals surface area contributed by atoms with Gasteiger partial charge in [0.1, 0.15) is 24.2 Å². The number of aryl methyl sites for hydroxylation is 4. The fourth-order valence-electron chi connectivity index (χ4n) is 11.0. The van der Waals surface area contributed by atoms with Crippen molar-refractivity contribution in [1.29, 1.82) is 0 Å². The van der Waals surface area contributed by atoms with E-state index in [0.717, 1.165) is 109 Å². The van der Waals surface area contributed by atoms with Crippen LogP contribution in [0.5, 0.6) is 11.5 Å². The third-order valence-corrected chi connectivity index (χ3v) is 14.5. The summed E-state index contributed by atoms with van der Waals surface area (Å²) in [6.45, 7) is 2.25. The van der Waals surface area contributed by atoms with Gasteiger partial charge in [-0.3, -0.25) is 0 Å². The van der Waals surface area contributed by atoms with Crippen LogP contribution >= 0.6 is 0 Å². The number of hydrogen-bond donors (Lipinski definition) is 10. The second kappa shape index (κ2) is 23.7. The standard InChI is InChI=1S/C53H75N3O9/c1-33(60)29-55-46(11-7-23-57)52-42-10-6-8-36(42)18-21-45-44(52)28-47(56-45)49(62)32-64-51-25-34(15-22-48(51)61)13-19-41-27-39(31-59)50(65-41)12-5-3-2-4-9-40(54)26-38-17-16-37-24-35(30-58)14-20-43(37)53(38)63/h14-17,20,22,24-25,27-28,33,36,38,40,42,46,49,52-53,55-63H,2-13,18-19,21,23,26,29-32,54H2,1H3/t33-,36+,38-,40-,42-,46+,49-,52-,53-/m0/s1. The van der Waals surface area contributed by atoms with Gasteiger partial charge in [-0.25, -0.2) is 0 Å². The Kier molecular flexibility index (Phi) is 17.8. The van der Waals surface area contributed by atoms with Crippen LogP contribution in [0.15, 0.2) is 59.0 Å². The summed E-state index contributed by atoms with van der Waals surface area (Å²) in [5, 5.41) is 76.2. The van der Waals surface area contributed by atoms with E-state index in [9.17, 15) is 35.7 Å². The van der Waals surface area contributed by atoms with Crippen molar-refractivity contribution in [3.8, 4) is 11.5 Å². The van der Waals surface area contributed by atoms with E-state index in [1.165, 1.54) is 18.4 Å². The first-order chi connectivity index (χ1) is 31.5. The van der Waals surface area contributed by atoms with Crippen molar-refractivity contribution in [2.24, 2.45) is 23.5 Å². The number of unbranched alkanes of at least 4 members (excludes halogenated alkanes) is 3. The third kappa shape index (κ3) is 12.7. The molecule has 2 aromatic heterocycles. The second-order valence-electron chi connectivity index (χ2n) is 19.3. The molecule has 0 amide bonds. The fourth-order valence-corrected chi connectivity index (χ4v) is 11.0. The highest BCUT2D eigenvalue weighted by Gasteiger charge is 2.42. The highest BCUT2D eigenvalue weighted by molar-refractivity contribution is 5.59. The first-order valence-corrected chi connectivity index (χ1v) is 24.5. The number of nitrogens with two attached hydrogens (primary N) is 1. The number of aliphatic hydroxyl groups is 6. The van der Waals surface area contributed by atoms with Crippen molar-refractivity contribution >= 4 is 6.08 Å². The van der Waals surface area contributed by atoms with Crippen molar-refractivity contribution in [2.75, 3.05) is 19.8 Å². The van der Waals surface area contributed by atoms with E-state index >= 15 is 0 Å². The lowest BCUT2D eigenvalue weighted by Gasteiger charge is -2.35. The lowest BCUT2D eigenvalue weighted by Crippen LogP contribution is -2.42. The average molecular weight is 898 g/mol. The van der Waals surface area contributed by atoms with Crippen LogP contribution in [0.25, 0.3) is 6.08 Å². The van der Waals surface area contributed by atoms with E-state index in [0.29, 0.717) is 55.5 Å². The van der Waals surface area contributed by atoms with Gasteiger partial charge < -0.3 is 60.9 Å². The summed E-state index contributed by atoms with van der Waals surface area (Å²) in [4.78, 5) is 3.56. The zero-order valence-corrected chi connectivity index (χ0v) is 38.3. The van der Waals surface area contributed by atoms with Crippen LogP contribution in [0.4, 0.5) is 0 Å². The van der Waals surface area contributed by atoms with E-state index < -0.39 is 18.3 Å². The van der Waals surface area contributed by atoms with Gasteiger partial charge in [0.15, 0.2) is 11.5 Å². The fraction of sp³-hybridized carbons (Fsp3) is 0.585. The highest BCUT2D eigenvalue weighted by Crippen LogP contribution is 2.49. The van der Waals surface area contributed by atoms with Gasteiger partial charge >= 0.3 is 0 Å². The molecule has 2 heterocycles. The summed E-state index contributed by atoms with van der Waals surface area (Å²) < 4.78 is 12.3. The number of benzene rings is 2. The molecule has 65 heavy (non-hydrogen) atoms. The van der Waals surface area contributed by atoms with Crippen molar-refractivity contribution in [2.45, 2.75) is 159 Å². The molecule has 1 fully saturated rings. The first-order valence-electron chi connectivity index (χ1n) is 24.5. The Balaban J connectivity index is 0.870. The number of aromatic nitrogens is 1. The quantitative estimate of drug-likeness (QED) is 0.0297. The van der Waals surface area contributed by atoms with Crippen molar-refractivity contribution in [3.05, 3.63) is 111 Å². The predicted octanol–water partition coefficient (Wildman–Crippen LogP) is 7.34. The molecule has 0 unspecified atom stereocenters. The zero-order chi connectivity index (χ0) is 45.9. The van der Waals surface area contributed by atoms with E-state index in [1.807, 2.05) is 48.6 Å². The lowest BCUT2D eigenvalue weighted by molar-refractivity contribution is 0.103. The first kappa shape index (κ1) is 48.9. The molecular formula is C53H75N3O9. The maximum absolute atomic E-state index is 11.4. The minimum Gasteiger partial charge on any atom is -0.504 e. The molecule has 356 valence electrons. The molecule has 3 aliphatic carbocycles. The van der Waals surface area contributed by atoms with Crippen LogP contribution < -0.4 is 15.8 Å². The number of aromatic hydroxyl groups is 1. The number of H-pyrrole nitrogens is 1. The molecule has 0 radical (unpaired) electrons. The van der Waals surface area contributed by atoms with E-state index in [2.05, 4.69) is 16.4 Å². The molecule has 11 N–H and O–H groups in total. The van der Waals surface area contributed by atoms with E-state index in [-0.39, 0.29) is 56.1 Å². The van der Waals surface area contributed by atoms with Gasteiger partial charge in [0.05, 0.1) is 25.4 Å². The van der Waals surface area contributed by atoms with Gasteiger partial charge in [-0.15, -0.1) is 0 Å². The summed E-state index contributed by atoms with van der Waals surface area (Å²) in [5.74, 6) is 3.24. The molecule has 1 saturated carbocycles. The molecule has 7 rings (SSSR count). The van der Waals surface area contributed by atoms with Gasteiger partial charge in [0.2, 0.25) is 0 Å². The Hall–Kier alpha value is -3.98. The van der Waals surface area contributed by atoms with Gasteiger partial charge in [-0.2, -0.15) is 0 Å². The number of phenolic OH excluding ortho intramolecular Hbond substituents is 1. The smallest absolute Gasteiger partial charge is 0.161 e. The summed E-state index contributed by atoms with van der Waals surface area (Å²) >= 11 is 0. The van der Waals surface area contributed by atoms with Gasteiger partial charge in [-0.1, -0.05) is 62.5 Å². The number of phenols is 1. The van der Waals surface area contributed by atoms with Crippen LogP contribution in [0.2, 0.25) is 0 Å². The number of aromatic amines is 1. The van der Waals surface area contributed by atoms with Crippen LogP contribution in [-0.4, -0.2) is 78.7 Å². The molecule has 0 bridgehead atoms. The number of aliphatic hydroxyl groups excluding tert-OH is 6. The molecule has 0 aliphatic heterocycles. The van der Waals surface area contributed by atoms with Crippen LogP contribution in [0.3, 0.4) is 0 Å². The molecule has 12 nitrogen and oxygen atoms in total. The summed E-state index contributed by atoms with van der Waals surface area (Å²) in [5.41, 5.74) is 14.0. The Morgan fingerprint density at radius 2 is 1.71 bits per heavy atom. The molecule has 9 atom stereocenters. The predicted molar refractivity (Wildman–Crippen MR) is 252 cm³/mol. The highest BCUT2D eigenvalue weighted by atomic mass is 16.5. The summed E-state index contributed by atoms with van der Waals surface area (Å²) in [7, 11) is 0. The van der Waals surface area contributed by atoms with Crippen LogP contribution in [0.1, 0.15) is 158 Å². The maximum Gasteiger partial charge on any atom is 0.161 e. The third-order valence-electron chi connectivity index (χ3n) is 14.5. The lowest BCUT2D eigenvalue weighted by atomic mass is 9.75. The SMILES string of the molecule is C[C@H](O)CN[C@H](CCCO)[C@@H]1c2cc([C@@H](O)COc3cc(CCc4cc(CO)c(CCCCCC[C@H](N)C[C@@H]5C=Cc6cc(CO)ccc6[C@H]5O)o4)ccc3O)[nH]c2CC[C@H]2CCC[C@@H]21. The minimum absolute atomic E-state index is 0.00106. The number of fused-ring (bicyclic) bond motifs is 3. The van der Waals surface area contributed by atoms with Crippen LogP contribution in [-0.2, 0) is 38.9 Å². The molecule has 4 aromatic rings. The van der Waals surface area contributed by atoms with Crippen LogP contribution in [0, 0.1) is 17.8 Å². The molecule has 0 spiro atoms. The number of rotatable bonds is 25. The average Bonchev–Trinajstić information content (AvgIpc) is 4.04. The maximum atomic E-state index is 11.4. The Morgan fingerprint density at radius 1 is 0.877 bits per heavy atom. The van der Waals surface area contributed by atoms with E-state index in [4.69, 9.17) is 14.9 Å². The summed E-state index contributed by atoms with van der Waals surface area (Å²) in [6, 6.07) is 15.1. The Labute approximate surface area is 385 Å². The topological polar surface area (TPSA) is 218 Å². The number of nitrogens with one attached hydrogen (secondary N) is 2. The van der Waals surface area contributed by atoms with Gasteiger partial charge in [0, 0.05) is 66.9 Å². The zero-order valence-electron chi connectivity index (χ0n) is 38.3. The number of ether oxygens (including phenoxy) is 1. The number of hydrogen-bond acceptors (Lipinski definition) is 11. The monoisotopic (exact) mass is 898 g/mol. The van der Waals surface area contributed by atoms with Crippen molar-refractivity contribution in [3.63, 3.8) is 0 Å². The molecule has 2 aromatic carbocycles. The summed E-state index contributed by atoms with van der Waals surface area (Å²) in [6.07, 6.45) is 16.8. The van der Waals surface area contributed by atoms with Gasteiger partial charge in [-0.05, 0) is 135 Å². The molecule has 12 heteroatoms. The van der Waals surface area contributed by atoms with E-state index in [1.54, 1.807) is 13.0 Å². The van der Waals surface area contributed by atoms with Gasteiger partial charge in [0.25, 0.3) is 0 Å². The van der Waals surface area contributed by atoms with Crippen molar-refractivity contribution < 1.29 is 44.9 Å². The molecular weight excluding hydrogens is 823 g/mol. The molecule has 3 aliphatic rings.